The summed E-state index contributed by atoms with van der Waals surface area (Å²) in [4.78, 5) is 15.8. The van der Waals surface area contributed by atoms with Gasteiger partial charge in [-0.25, -0.2) is 9.78 Å². The SMILES string of the molecule is CC(C)(C)c1ccc2nc([C@H](COCc3ccccc3)NC(=O)O)cn2c1. The van der Waals surface area contributed by atoms with Gasteiger partial charge in [0.1, 0.15) is 5.65 Å². The molecule has 1 aromatic carbocycles. The molecule has 0 aliphatic heterocycles. The summed E-state index contributed by atoms with van der Waals surface area (Å²) in [5, 5.41) is 11.7. The topological polar surface area (TPSA) is 75.9 Å². The van der Waals surface area contributed by atoms with Crippen LogP contribution in [-0.4, -0.2) is 27.2 Å². The van der Waals surface area contributed by atoms with E-state index < -0.39 is 12.1 Å². The highest BCUT2D eigenvalue weighted by molar-refractivity contribution is 5.65. The van der Waals surface area contributed by atoms with E-state index in [-0.39, 0.29) is 12.0 Å². The summed E-state index contributed by atoms with van der Waals surface area (Å²) in [5.74, 6) is 0. The van der Waals surface area contributed by atoms with Crippen LogP contribution < -0.4 is 5.32 Å². The maximum absolute atomic E-state index is 11.2. The normalized spacial score (nSPS) is 12.9. The van der Waals surface area contributed by atoms with Crippen molar-refractivity contribution in [1.29, 1.82) is 0 Å². The molecule has 2 heterocycles. The summed E-state index contributed by atoms with van der Waals surface area (Å²) in [5.41, 5.74) is 3.66. The third kappa shape index (κ3) is 4.86. The van der Waals surface area contributed by atoms with Crippen molar-refractivity contribution in [2.45, 2.75) is 38.8 Å². The molecule has 142 valence electrons. The molecule has 0 saturated carbocycles. The summed E-state index contributed by atoms with van der Waals surface area (Å²) in [7, 11) is 0. The predicted octanol–water partition coefficient (Wildman–Crippen LogP) is 4.16. The van der Waals surface area contributed by atoms with E-state index in [1.807, 2.05) is 53.2 Å². The Morgan fingerprint density at radius 3 is 2.59 bits per heavy atom. The van der Waals surface area contributed by atoms with Crippen LogP contribution in [0.1, 0.15) is 43.6 Å². The fraction of sp³-hybridized carbons (Fsp3) is 0.333. The Kier molecular flexibility index (Phi) is 5.46. The Bertz CT molecular complexity index is 913. The van der Waals surface area contributed by atoms with Gasteiger partial charge in [-0.1, -0.05) is 57.2 Å². The molecule has 2 N–H and O–H groups in total. The Morgan fingerprint density at radius 1 is 1.19 bits per heavy atom. The number of ether oxygens (including phenoxy) is 1. The number of fused-ring (bicyclic) bond motifs is 1. The van der Waals surface area contributed by atoms with Gasteiger partial charge in [-0.15, -0.1) is 0 Å². The zero-order valence-corrected chi connectivity index (χ0v) is 15.8. The summed E-state index contributed by atoms with van der Waals surface area (Å²) >= 11 is 0. The molecule has 0 unspecified atom stereocenters. The molecule has 3 aromatic rings. The molecule has 0 spiro atoms. The highest BCUT2D eigenvalue weighted by atomic mass is 16.5. The molecule has 1 atom stereocenters. The number of imidazole rings is 1. The average molecular weight is 367 g/mol. The lowest BCUT2D eigenvalue weighted by molar-refractivity contribution is 0.0955. The lowest BCUT2D eigenvalue weighted by atomic mass is 9.88. The zero-order chi connectivity index (χ0) is 19.4. The second-order valence-corrected chi connectivity index (χ2v) is 7.60. The molecule has 2 aromatic heterocycles. The van der Waals surface area contributed by atoms with E-state index >= 15 is 0 Å². The number of benzene rings is 1. The van der Waals surface area contributed by atoms with Gasteiger partial charge in [0, 0.05) is 12.4 Å². The largest absolute Gasteiger partial charge is 0.465 e. The molecule has 6 nitrogen and oxygen atoms in total. The van der Waals surface area contributed by atoms with Crippen LogP contribution in [0.5, 0.6) is 0 Å². The molecule has 27 heavy (non-hydrogen) atoms. The maximum atomic E-state index is 11.2. The lowest BCUT2D eigenvalue weighted by Gasteiger charge is -2.18. The zero-order valence-electron chi connectivity index (χ0n) is 15.8. The maximum Gasteiger partial charge on any atom is 0.405 e. The van der Waals surface area contributed by atoms with Crippen molar-refractivity contribution in [3.63, 3.8) is 0 Å². The highest BCUT2D eigenvalue weighted by Crippen LogP contribution is 2.23. The molecule has 3 rings (SSSR count). The molecular formula is C21H25N3O3. The van der Waals surface area contributed by atoms with Crippen molar-refractivity contribution in [3.05, 3.63) is 71.7 Å². The van der Waals surface area contributed by atoms with E-state index in [2.05, 4.69) is 37.1 Å². The van der Waals surface area contributed by atoms with E-state index in [9.17, 15) is 9.90 Å². The minimum atomic E-state index is -1.10. The number of amides is 1. The van der Waals surface area contributed by atoms with Crippen LogP contribution >= 0.6 is 0 Å². The molecule has 0 aliphatic rings. The van der Waals surface area contributed by atoms with Gasteiger partial charge in [0.25, 0.3) is 0 Å². The third-order valence-corrected chi connectivity index (χ3v) is 4.39. The van der Waals surface area contributed by atoms with Crippen molar-refractivity contribution in [2.75, 3.05) is 6.61 Å². The molecule has 0 radical (unpaired) electrons. The minimum Gasteiger partial charge on any atom is -0.465 e. The van der Waals surface area contributed by atoms with Gasteiger partial charge in [0.2, 0.25) is 0 Å². The van der Waals surface area contributed by atoms with Crippen molar-refractivity contribution in [2.24, 2.45) is 0 Å². The number of carbonyl (C=O) groups is 1. The Labute approximate surface area is 158 Å². The summed E-state index contributed by atoms with van der Waals surface area (Å²) in [6.45, 7) is 7.08. The van der Waals surface area contributed by atoms with Crippen LogP contribution in [0.2, 0.25) is 0 Å². The number of nitrogens with zero attached hydrogens (tertiary/aromatic N) is 2. The van der Waals surface area contributed by atoms with E-state index in [0.717, 1.165) is 11.2 Å². The first-order valence-corrected chi connectivity index (χ1v) is 8.93. The Morgan fingerprint density at radius 2 is 1.93 bits per heavy atom. The third-order valence-electron chi connectivity index (χ3n) is 4.39. The van der Waals surface area contributed by atoms with Crippen LogP contribution in [0, 0.1) is 0 Å². The number of aromatic nitrogens is 2. The van der Waals surface area contributed by atoms with Crippen LogP contribution in [0.3, 0.4) is 0 Å². The van der Waals surface area contributed by atoms with E-state index in [4.69, 9.17) is 4.74 Å². The van der Waals surface area contributed by atoms with Crippen molar-refractivity contribution in [3.8, 4) is 0 Å². The molecule has 1 amide bonds. The average Bonchev–Trinajstić information content (AvgIpc) is 3.04. The Balaban J connectivity index is 1.78. The van der Waals surface area contributed by atoms with Gasteiger partial charge in [0.15, 0.2) is 0 Å². The molecule has 0 bridgehead atoms. The lowest BCUT2D eigenvalue weighted by Crippen LogP contribution is -2.30. The molecule has 0 saturated heterocycles. The van der Waals surface area contributed by atoms with Crippen LogP contribution in [0.15, 0.2) is 54.9 Å². The fourth-order valence-electron chi connectivity index (χ4n) is 2.84. The number of rotatable bonds is 6. The number of carboxylic acid groups (broad SMARTS) is 1. The highest BCUT2D eigenvalue weighted by Gasteiger charge is 2.19. The molecule has 6 heteroatoms. The second-order valence-electron chi connectivity index (χ2n) is 7.60. The number of hydrogen-bond acceptors (Lipinski definition) is 3. The van der Waals surface area contributed by atoms with Crippen molar-refractivity contribution in [1.82, 2.24) is 14.7 Å². The predicted molar refractivity (Wildman–Crippen MR) is 104 cm³/mol. The smallest absolute Gasteiger partial charge is 0.405 e. The van der Waals surface area contributed by atoms with Crippen molar-refractivity contribution < 1.29 is 14.6 Å². The van der Waals surface area contributed by atoms with Gasteiger partial charge in [-0.05, 0) is 22.6 Å². The summed E-state index contributed by atoms with van der Waals surface area (Å²) in [6, 6.07) is 13.2. The van der Waals surface area contributed by atoms with Crippen LogP contribution in [-0.2, 0) is 16.8 Å². The standard InChI is InChI=1S/C21H25N3O3/c1-21(2,3)16-9-10-19-22-17(12-24(19)11-16)18(23-20(25)26)14-27-13-15-7-5-4-6-8-15/h4-12,18,23H,13-14H2,1-3H3,(H,25,26)/t18-/m0/s1. The first-order valence-electron chi connectivity index (χ1n) is 8.93. The van der Waals surface area contributed by atoms with Crippen molar-refractivity contribution >= 4 is 11.7 Å². The van der Waals surface area contributed by atoms with E-state index in [0.29, 0.717) is 12.3 Å². The van der Waals surface area contributed by atoms with Gasteiger partial charge in [-0.2, -0.15) is 0 Å². The van der Waals surface area contributed by atoms with Crippen LogP contribution in [0.4, 0.5) is 4.79 Å². The van der Waals surface area contributed by atoms with Gasteiger partial charge >= 0.3 is 6.09 Å². The van der Waals surface area contributed by atoms with Gasteiger partial charge < -0.3 is 19.6 Å². The number of pyridine rings is 1. The quantitative estimate of drug-likeness (QED) is 0.686. The number of hydrogen-bond donors (Lipinski definition) is 2. The van der Waals surface area contributed by atoms with E-state index in [1.54, 1.807) is 0 Å². The molecule has 0 aliphatic carbocycles. The van der Waals surface area contributed by atoms with Crippen LogP contribution in [0.25, 0.3) is 5.65 Å². The van der Waals surface area contributed by atoms with Gasteiger partial charge in [-0.3, -0.25) is 0 Å². The molecular weight excluding hydrogens is 342 g/mol. The van der Waals surface area contributed by atoms with E-state index in [1.165, 1.54) is 5.56 Å². The first kappa shape index (κ1) is 18.9. The minimum absolute atomic E-state index is 0.0239. The molecule has 0 fully saturated rings. The summed E-state index contributed by atoms with van der Waals surface area (Å²) < 4.78 is 7.67. The monoisotopic (exact) mass is 367 g/mol. The second kappa shape index (κ2) is 7.80. The number of nitrogens with one attached hydrogen (secondary N) is 1. The summed E-state index contributed by atoms with van der Waals surface area (Å²) in [6.07, 6.45) is 2.79. The fourth-order valence-corrected chi connectivity index (χ4v) is 2.84. The Hall–Kier alpha value is -2.86. The van der Waals surface area contributed by atoms with Gasteiger partial charge in [0.05, 0.1) is 24.9 Å². The first-order chi connectivity index (χ1) is 12.8.